The van der Waals surface area contributed by atoms with Crippen LogP contribution >= 0.6 is 0 Å². The number of likely N-dealkylation sites (tertiary alicyclic amines) is 1. The van der Waals surface area contributed by atoms with E-state index in [0.717, 1.165) is 5.56 Å². The van der Waals surface area contributed by atoms with Gasteiger partial charge in [-0.05, 0) is 36.6 Å². The number of rotatable bonds is 4. The van der Waals surface area contributed by atoms with E-state index in [1.54, 1.807) is 24.3 Å². The van der Waals surface area contributed by atoms with Crippen LogP contribution in [0.1, 0.15) is 34.3 Å². The average Bonchev–Trinajstić information content (AvgIpc) is 2.64. The Labute approximate surface area is 146 Å². The molecule has 0 radical (unpaired) electrons. The summed E-state index contributed by atoms with van der Waals surface area (Å²) < 4.78 is 18.6. The van der Waals surface area contributed by atoms with Gasteiger partial charge in [0, 0.05) is 31.4 Å². The second kappa shape index (κ2) is 7.29. The lowest BCUT2D eigenvalue weighted by Crippen LogP contribution is -2.42. The number of piperidine rings is 1. The first-order valence-electron chi connectivity index (χ1n) is 8.25. The zero-order valence-electron chi connectivity index (χ0n) is 14.1. The zero-order valence-corrected chi connectivity index (χ0v) is 14.1. The van der Waals surface area contributed by atoms with Crippen molar-refractivity contribution in [1.82, 2.24) is 9.88 Å². The Hall–Kier alpha value is -2.31. The molecule has 0 amide bonds. The first-order valence-corrected chi connectivity index (χ1v) is 8.25. The summed E-state index contributed by atoms with van der Waals surface area (Å²) in [6.07, 6.45) is 2.29. The molecular formula is C19H21FN2O3. The molecular weight excluding hydrogens is 323 g/mol. The number of pyridine rings is 1. The van der Waals surface area contributed by atoms with E-state index >= 15 is 0 Å². The van der Waals surface area contributed by atoms with E-state index in [0.29, 0.717) is 38.0 Å². The lowest BCUT2D eigenvalue weighted by Gasteiger charge is -2.38. The van der Waals surface area contributed by atoms with E-state index in [2.05, 4.69) is 14.6 Å². The molecule has 132 valence electrons. The summed E-state index contributed by atoms with van der Waals surface area (Å²) in [6.45, 7) is 2.03. The van der Waals surface area contributed by atoms with Gasteiger partial charge in [0.25, 0.3) is 0 Å². The third-order valence-electron chi connectivity index (χ3n) is 4.72. The minimum atomic E-state index is -1.16. The van der Waals surface area contributed by atoms with Crippen molar-refractivity contribution in [2.45, 2.75) is 25.0 Å². The summed E-state index contributed by atoms with van der Waals surface area (Å²) in [6, 6.07) is 10.5. The average molecular weight is 344 g/mol. The molecule has 1 aliphatic heterocycles. The monoisotopic (exact) mass is 344 g/mol. The third kappa shape index (κ3) is 3.86. The van der Waals surface area contributed by atoms with Gasteiger partial charge in [0.1, 0.15) is 0 Å². The summed E-state index contributed by atoms with van der Waals surface area (Å²) in [5, 5.41) is 10.8. The highest BCUT2D eigenvalue weighted by Gasteiger charge is 2.36. The molecule has 0 aliphatic carbocycles. The smallest absolute Gasteiger partial charge is 0.337 e. The van der Waals surface area contributed by atoms with Crippen LogP contribution < -0.4 is 0 Å². The Kier molecular flexibility index (Phi) is 5.11. The van der Waals surface area contributed by atoms with Crippen LogP contribution in [0.4, 0.5) is 4.39 Å². The maximum atomic E-state index is 13.9. The first-order chi connectivity index (χ1) is 12.0. The Balaban J connectivity index is 1.61. The van der Waals surface area contributed by atoms with Gasteiger partial charge in [-0.3, -0.25) is 4.90 Å². The molecule has 1 aliphatic rings. The number of carbonyl (C=O) groups excluding carboxylic acids is 1. The van der Waals surface area contributed by atoms with E-state index in [1.165, 1.54) is 13.3 Å². The van der Waals surface area contributed by atoms with Crippen LogP contribution in [0.5, 0.6) is 0 Å². The lowest BCUT2D eigenvalue weighted by atomic mass is 9.85. The predicted molar refractivity (Wildman–Crippen MR) is 90.4 cm³/mol. The van der Waals surface area contributed by atoms with Gasteiger partial charge in [0.15, 0.2) is 0 Å². The molecule has 1 aromatic carbocycles. The summed E-state index contributed by atoms with van der Waals surface area (Å²) in [7, 11) is 1.36. The summed E-state index contributed by atoms with van der Waals surface area (Å²) in [5.41, 5.74) is 0.706. The number of methoxy groups -OCH3 is 1. The molecule has 1 saturated heterocycles. The Morgan fingerprint density at radius 2 is 1.96 bits per heavy atom. The van der Waals surface area contributed by atoms with Crippen LogP contribution in [0.2, 0.25) is 0 Å². The minimum absolute atomic E-state index is 0.275. The molecule has 3 rings (SSSR count). The zero-order chi connectivity index (χ0) is 17.9. The maximum Gasteiger partial charge on any atom is 0.337 e. The van der Waals surface area contributed by atoms with E-state index in [4.69, 9.17) is 0 Å². The van der Waals surface area contributed by atoms with Gasteiger partial charge in [0.2, 0.25) is 5.95 Å². The molecule has 0 bridgehead atoms. The van der Waals surface area contributed by atoms with Gasteiger partial charge >= 0.3 is 5.97 Å². The van der Waals surface area contributed by atoms with Crippen molar-refractivity contribution in [2.75, 3.05) is 20.2 Å². The van der Waals surface area contributed by atoms with Crippen LogP contribution in [-0.2, 0) is 16.9 Å². The predicted octanol–water partition coefficient (Wildman–Crippen LogP) is 2.49. The van der Waals surface area contributed by atoms with Gasteiger partial charge in [-0.1, -0.05) is 18.2 Å². The number of hydrogen-bond donors (Lipinski definition) is 1. The topological polar surface area (TPSA) is 62.7 Å². The number of esters is 1. The molecule has 2 heterocycles. The van der Waals surface area contributed by atoms with Crippen molar-refractivity contribution in [3.8, 4) is 0 Å². The SMILES string of the molecule is COC(=O)c1ccc(CN2CCC(O)(c3cccnc3F)CC2)cc1. The number of benzene rings is 1. The molecule has 25 heavy (non-hydrogen) atoms. The molecule has 1 aromatic heterocycles. The van der Waals surface area contributed by atoms with E-state index in [1.807, 2.05) is 12.1 Å². The lowest BCUT2D eigenvalue weighted by molar-refractivity contribution is -0.0308. The van der Waals surface area contributed by atoms with Crippen LogP contribution in [0.3, 0.4) is 0 Å². The summed E-state index contributed by atoms with van der Waals surface area (Å²) >= 11 is 0. The molecule has 0 atom stereocenters. The fourth-order valence-corrected chi connectivity index (χ4v) is 3.21. The third-order valence-corrected chi connectivity index (χ3v) is 4.72. The molecule has 1 N–H and O–H groups in total. The number of ether oxygens (including phenoxy) is 1. The van der Waals surface area contributed by atoms with Crippen molar-refractivity contribution in [2.24, 2.45) is 0 Å². The van der Waals surface area contributed by atoms with Crippen LogP contribution in [0, 0.1) is 5.95 Å². The van der Waals surface area contributed by atoms with Crippen molar-refractivity contribution < 1.29 is 19.0 Å². The highest BCUT2D eigenvalue weighted by atomic mass is 19.1. The Morgan fingerprint density at radius 1 is 1.28 bits per heavy atom. The molecule has 2 aromatic rings. The van der Waals surface area contributed by atoms with Crippen LogP contribution in [-0.4, -0.2) is 41.2 Å². The molecule has 5 nitrogen and oxygen atoms in total. The summed E-state index contributed by atoms with van der Waals surface area (Å²) in [4.78, 5) is 17.3. The largest absolute Gasteiger partial charge is 0.465 e. The Bertz CT molecular complexity index is 741. The maximum absolute atomic E-state index is 13.9. The fourth-order valence-electron chi connectivity index (χ4n) is 3.21. The van der Waals surface area contributed by atoms with E-state index in [9.17, 15) is 14.3 Å². The van der Waals surface area contributed by atoms with E-state index < -0.39 is 11.5 Å². The standard InChI is InChI=1S/C19H21FN2O3/c1-25-18(23)15-6-4-14(5-7-15)13-22-11-8-19(24,9-12-22)16-3-2-10-21-17(16)20/h2-7,10,24H,8-9,11-13H2,1H3. The van der Waals surface area contributed by atoms with E-state index in [-0.39, 0.29) is 11.5 Å². The van der Waals surface area contributed by atoms with Crippen molar-refractivity contribution in [3.63, 3.8) is 0 Å². The van der Waals surface area contributed by atoms with Crippen molar-refractivity contribution in [1.29, 1.82) is 0 Å². The highest BCUT2D eigenvalue weighted by Crippen LogP contribution is 2.34. The minimum Gasteiger partial charge on any atom is -0.465 e. The molecule has 1 fully saturated rings. The highest BCUT2D eigenvalue weighted by molar-refractivity contribution is 5.89. The normalized spacial score (nSPS) is 17.2. The number of hydrogen-bond acceptors (Lipinski definition) is 5. The van der Waals surface area contributed by atoms with Crippen LogP contribution in [0.25, 0.3) is 0 Å². The Morgan fingerprint density at radius 3 is 2.56 bits per heavy atom. The fraction of sp³-hybridized carbons (Fsp3) is 0.368. The first kappa shape index (κ1) is 17.5. The molecule has 0 spiro atoms. The number of halogens is 1. The van der Waals surface area contributed by atoms with Gasteiger partial charge < -0.3 is 9.84 Å². The van der Waals surface area contributed by atoms with Gasteiger partial charge in [0.05, 0.1) is 18.3 Å². The van der Waals surface area contributed by atoms with Crippen LogP contribution in [0.15, 0.2) is 42.6 Å². The molecule has 0 unspecified atom stereocenters. The van der Waals surface area contributed by atoms with Gasteiger partial charge in [-0.25, -0.2) is 9.78 Å². The van der Waals surface area contributed by atoms with Crippen molar-refractivity contribution >= 4 is 5.97 Å². The quantitative estimate of drug-likeness (QED) is 0.682. The number of nitrogens with zero attached hydrogens (tertiary/aromatic N) is 2. The number of carbonyl (C=O) groups is 1. The van der Waals surface area contributed by atoms with Gasteiger partial charge in [-0.2, -0.15) is 4.39 Å². The molecule has 0 saturated carbocycles. The number of aliphatic hydroxyl groups is 1. The molecule has 6 heteroatoms. The summed E-state index contributed by atoms with van der Waals surface area (Å²) in [5.74, 6) is -0.954. The van der Waals surface area contributed by atoms with Crippen molar-refractivity contribution in [3.05, 3.63) is 65.2 Å². The second-order valence-electron chi connectivity index (χ2n) is 6.34. The second-order valence-corrected chi connectivity index (χ2v) is 6.34. The van der Waals surface area contributed by atoms with Gasteiger partial charge in [-0.15, -0.1) is 0 Å². The number of aromatic nitrogens is 1.